The molecule has 2 heterocycles. The highest BCUT2D eigenvalue weighted by Crippen LogP contribution is 2.26. The van der Waals surface area contributed by atoms with Crippen LogP contribution in [0.25, 0.3) is 0 Å². The minimum absolute atomic E-state index is 0.0933. The third-order valence-electron chi connectivity index (χ3n) is 3.55. The molecule has 0 saturated heterocycles. The number of para-hydroxylation sites is 1. The van der Waals surface area contributed by atoms with Gasteiger partial charge in [-0.15, -0.1) is 5.10 Å². The molecular weight excluding hydrogens is 270 g/mol. The molecule has 21 heavy (non-hydrogen) atoms. The van der Waals surface area contributed by atoms with Crippen molar-refractivity contribution in [1.82, 2.24) is 25.5 Å². The monoisotopic (exact) mass is 287 g/mol. The minimum atomic E-state index is -0.0933. The lowest BCUT2D eigenvalue weighted by atomic mass is 9.97. The number of tetrazole rings is 1. The fraction of sp³-hybridized carbons (Fsp3) is 0.429. The number of aromatic nitrogens is 4. The Morgan fingerprint density at radius 3 is 3.14 bits per heavy atom. The highest BCUT2D eigenvalue weighted by molar-refractivity contribution is 5.75. The summed E-state index contributed by atoms with van der Waals surface area (Å²) in [6.07, 6.45) is 0.917. The van der Waals surface area contributed by atoms with E-state index in [1.165, 1.54) is 10.2 Å². The number of hydrogen-bond acceptors (Lipinski definition) is 5. The first-order valence-electron chi connectivity index (χ1n) is 6.92. The van der Waals surface area contributed by atoms with Crippen LogP contribution in [-0.4, -0.2) is 39.3 Å². The van der Waals surface area contributed by atoms with Gasteiger partial charge in [-0.1, -0.05) is 18.2 Å². The van der Waals surface area contributed by atoms with Gasteiger partial charge in [0.05, 0.1) is 6.61 Å². The van der Waals surface area contributed by atoms with Crippen molar-refractivity contribution in [2.45, 2.75) is 19.9 Å². The first-order chi connectivity index (χ1) is 10.2. The van der Waals surface area contributed by atoms with E-state index in [0.717, 1.165) is 12.2 Å². The molecule has 0 saturated carbocycles. The molecule has 1 N–H and O–H groups in total. The summed E-state index contributed by atoms with van der Waals surface area (Å²) in [6, 6.07) is 8.01. The van der Waals surface area contributed by atoms with Gasteiger partial charge in [0.1, 0.15) is 18.1 Å². The number of hydrogen-bond donors (Lipinski definition) is 1. The van der Waals surface area contributed by atoms with Crippen molar-refractivity contribution in [2.75, 3.05) is 13.2 Å². The summed E-state index contributed by atoms with van der Waals surface area (Å²) in [7, 11) is 0. The lowest BCUT2D eigenvalue weighted by Gasteiger charge is -2.25. The quantitative estimate of drug-likeness (QED) is 0.877. The average molecular weight is 287 g/mol. The predicted molar refractivity (Wildman–Crippen MR) is 74.7 cm³/mol. The van der Waals surface area contributed by atoms with Crippen molar-refractivity contribution in [3.05, 3.63) is 35.7 Å². The van der Waals surface area contributed by atoms with Crippen LogP contribution in [0.2, 0.25) is 0 Å². The Morgan fingerprint density at radius 1 is 1.48 bits per heavy atom. The summed E-state index contributed by atoms with van der Waals surface area (Å²) in [6.45, 7) is 3.12. The van der Waals surface area contributed by atoms with Crippen molar-refractivity contribution in [3.8, 4) is 5.75 Å². The molecule has 1 aromatic carbocycles. The smallest absolute Gasteiger partial charge is 0.241 e. The Bertz CT molecular complexity index is 640. The Morgan fingerprint density at radius 2 is 2.33 bits per heavy atom. The molecule has 7 heteroatoms. The number of fused-ring (bicyclic) bond motifs is 1. The van der Waals surface area contributed by atoms with Gasteiger partial charge in [-0.2, -0.15) is 0 Å². The number of aryl methyl sites for hydroxylation is 1. The zero-order valence-electron chi connectivity index (χ0n) is 11.8. The van der Waals surface area contributed by atoms with E-state index < -0.39 is 0 Å². The van der Waals surface area contributed by atoms with Gasteiger partial charge in [-0.25, -0.2) is 4.68 Å². The Labute approximate surface area is 122 Å². The van der Waals surface area contributed by atoms with E-state index in [9.17, 15) is 4.79 Å². The van der Waals surface area contributed by atoms with Crippen LogP contribution in [0.4, 0.5) is 0 Å². The lowest BCUT2D eigenvalue weighted by molar-refractivity contribution is -0.122. The number of carbonyl (C=O) groups excluding carboxylic acids is 1. The molecule has 0 spiro atoms. The van der Waals surface area contributed by atoms with E-state index in [4.69, 9.17) is 4.74 Å². The van der Waals surface area contributed by atoms with Gasteiger partial charge in [0.25, 0.3) is 0 Å². The highest BCUT2D eigenvalue weighted by Gasteiger charge is 2.20. The molecule has 1 aliphatic rings. The Balaban J connectivity index is 1.50. The molecule has 0 radical (unpaired) electrons. The predicted octanol–water partition coefficient (Wildman–Crippen LogP) is 0.349. The number of nitrogens with one attached hydrogen (secondary N) is 1. The van der Waals surface area contributed by atoms with E-state index in [0.29, 0.717) is 24.9 Å². The maximum atomic E-state index is 11.9. The number of benzene rings is 1. The summed E-state index contributed by atoms with van der Waals surface area (Å²) < 4.78 is 7.18. The standard InChI is InChI=1S/C14H17N5O2/c1-10-16-17-18-19(10)8-14(20)15-7-11-6-12-4-2-3-5-13(12)21-9-11/h2-5,11H,6-9H2,1H3,(H,15,20)/t11-/m0/s1. The average Bonchev–Trinajstić information content (AvgIpc) is 2.90. The SMILES string of the molecule is Cc1nnnn1CC(=O)NC[C@H]1COc2ccccc2C1. The molecule has 0 bridgehead atoms. The number of ether oxygens (including phenoxy) is 1. The summed E-state index contributed by atoms with van der Waals surface area (Å²) >= 11 is 0. The van der Waals surface area contributed by atoms with Crippen LogP contribution in [-0.2, 0) is 17.8 Å². The Hall–Kier alpha value is -2.44. The van der Waals surface area contributed by atoms with Gasteiger partial charge in [0, 0.05) is 12.5 Å². The summed E-state index contributed by atoms with van der Waals surface area (Å²) in [5.41, 5.74) is 1.19. The van der Waals surface area contributed by atoms with E-state index >= 15 is 0 Å². The molecule has 0 fully saturated rings. The number of rotatable bonds is 4. The molecule has 0 aliphatic carbocycles. The number of nitrogens with zero attached hydrogens (tertiary/aromatic N) is 4. The molecule has 110 valence electrons. The molecule has 1 atom stereocenters. The van der Waals surface area contributed by atoms with Gasteiger partial charge >= 0.3 is 0 Å². The molecule has 2 aromatic rings. The van der Waals surface area contributed by atoms with Crippen molar-refractivity contribution >= 4 is 5.91 Å². The third kappa shape index (κ3) is 3.18. The van der Waals surface area contributed by atoms with Crippen LogP contribution in [0.5, 0.6) is 5.75 Å². The van der Waals surface area contributed by atoms with Gasteiger partial charge in [0.2, 0.25) is 5.91 Å². The van der Waals surface area contributed by atoms with Gasteiger partial charge in [0.15, 0.2) is 0 Å². The van der Waals surface area contributed by atoms with Crippen LogP contribution >= 0.6 is 0 Å². The normalized spacial score (nSPS) is 16.9. The molecule has 1 amide bonds. The number of amides is 1. The highest BCUT2D eigenvalue weighted by atomic mass is 16.5. The van der Waals surface area contributed by atoms with Crippen molar-refractivity contribution < 1.29 is 9.53 Å². The molecular formula is C14H17N5O2. The van der Waals surface area contributed by atoms with E-state index in [1.807, 2.05) is 18.2 Å². The molecule has 1 aliphatic heterocycles. The molecule has 7 nitrogen and oxygen atoms in total. The maximum absolute atomic E-state index is 11.9. The van der Waals surface area contributed by atoms with Gasteiger partial charge < -0.3 is 10.1 Å². The zero-order chi connectivity index (χ0) is 14.7. The van der Waals surface area contributed by atoms with Crippen LogP contribution in [0.3, 0.4) is 0 Å². The second kappa shape index (κ2) is 5.90. The molecule has 1 aromatic heterocycles. The van der Waals surface area contributed by atoms with Crippen LogP contribution in [0.15, 0.2) is 24.3 Å². The van der Waals surface area contributed by atoms with E-state index in [1.54, 1.807) is 6.92 Å². The fourth-order valence-corrected chi connectivity index (χ4v) is 2.37. The largest absolute Gasteiger partial charge is 0.493 e. The van der Waals surface area contributed by atoms with Crippen molar-refractivity contribution in [1.29, 1.82) is 0 Å². The summed E-state index contributed by atoms with van der Waals surface area (Å²) in [5, 5.41) is 13.9. The van der Waals surface area contributed by atoms with E-state index in [-0.39, 0.29) is 12.5 Å². The van der Waals surface area contributed by atoms with Gasteiger partial charge in [-0.3, -0.25) is 4.79 Å². The zero-order valence-corrected chi connectivity index (χ0v) is 11.8. The lowest BCUT2D eigenvalue weighted by Crippen LogP contribution is -2.36. The van der Waals surface area contributed by atoms with Gasteiger partial charge in [-0.05, 0) is 35.4 Å². The maximum Gasteiger partial charge on any atom is 0.241 e. The van der Waals surface area contributed by atoms with Crippen molar-refractivity contribution in [2.24, 2.45) is 5.92 Å². The summed E-state index contributed by atoms with van der Waals surface area (Å²) in [4.78, 5) is 11.9. The van der Waals surface area contributed by atoms with Crippen LogP contribution in [0.1, 0.15) is 11.4 Å². The Kier molecular flexibility index (Phi) is 3.81. The summed E-state index contributed by atoms with van der Waals surface area (Å²) in [5.74, 6) is 1.77. The first-order valence-corrected chi connectivity index (χ1v) is 6.92. The van der Waals surface area contributed by atoms with Crippen molar-refractivity contribution in [3.63, 3.8) is 0 Å². The third-order valence-corrected chi connectivity index (χ3v) is 3.55. The minimum Gasteiger partial charge on any atom is -0.493 e. The second-order valence-electron chi connectivity index (χ2n) is 5.18. The second-order valence-corrected chi connectivity index (χ2v) is 5.18. The molecule has 3 rings (SSSR count). The van der Waals surface area contributed by atoms with Crippen LogP contribution in [0, 0.1) is 12.8 Å². The first kappa shape index (κ1) is 13.5. The van der Waals surface area contributed by atoms with Crippen LogP contribution < -0.4 is 10.1 Å². The topological polar surface area (TPSA) is 81.9 Å². The number of carbonyl (C=O) groups is 1. The fourth-order valence-electron chi connectivity index (χ4n) is 2.37. The molecule has 0 unspecified atom stereocenters. The van der Waals surface area contributed by atoms with E-state index in [2.05, 4.69) is 26.9 Å².